The fraction of sp³-hybridized carbons (Fsp3) is 0.407. The number of nitrogens with zero attached hydrogens (tertiary/aromatic N) is 4. The summed E-state index contributed by atoms with van der Waals surface area (Å²) in [5, 5.41) is 6.95. The van der Waals surface area contributed by atoms with E-state index < -0.39 is 6.04 Å². The molecule has 1 saturated heterocycles. The van der Waals surface area contributed by atoms with Crippen molar-refractivity contribution in [2.45, 2.75) is 18.9 Å². The highest BCUT2D eigenvalue weighted by Gasteiger charge is 2.32. The highest BCUT2D eigenvalue weighted by molar-refractivity contribution is 7.71. The molecule has 38 heavy (non-hydrogen) atoms. The summed E-state index contributed by atoms with van der Waals surface area (Å²) in [5.74, 6) is 1.34. The Morgan fingerprint density at radius 2 is 1.82 bits per heavy atom. The molecule has 200 valence electrons. The average Bonchev–Trinajstić information content (AvgIpc) is 3.28. The topological polar surface area (TPSA) is 101 Å². The van der Waals surface area contributed by atoms with Crippen LogP contribution in [0.4, 0.5) is 11.5 Å². The van der Waals surface area contributed by atoms with Gasteiger partial charge in [0.1, 0.15) is 11.9 Å². The molecular formula is C27H32N6O4S. The van der Waals surface area contributed by atoms with Crippen LogP contribution < -0.4 is 25.0 Å². The maximum atomic E-state index is 13.1. The SMILES string of the molecule is COc1cc2nc(=S)n3c(c2cc1OC)N[C@@H](CCC(=O)NCCN1CCN(c2ccccc2)CC1)C3=O. The summed E-state index contributed by atoms with van der Waals surface area (Å²) in [6, 6.07) is 13.4. The van der Waals surface area contributed by atoms with Crippen LogP contribution in [0.5, 0.6) is 11.5 Å². The van der Waals surface area contributed by atoms with Gasteiger partial charge in [0.05, 0.1) is 19.7 Å². The molecule has 3 heterocycles. The monoisotopic (exact) mass is 536 g/mol. The predicted molar refractivity (Wildman–Crippen MR) is 149 cm³/mol. The first-order valence-corrected chi connectivity index (χ1v) is 13.2. The molecule has 1 fully saturated rings. The second-order valence-corrected chi connectivity index (χ2v) is 9.76. The van der Waals surface area contributed by atoms with E-state index in [4.69, 9.17) is 21.7 Å². The number of carbonyl (C=O) groups excluding carboxylic acids is 2. The van der Waals surface area contributed by atoms with Crippen molar-refractivity contribution in [2.75, 3.05) is 63.7 Å². The van der Waals surface area contributed by atoms with E-state index in [0.29, 0.717) is 41.2 Å². The number of ether oxygens (including phenoxy) is 2. The molecule has 2 aromatic carbocycles. The van der Waals surface area contributed by atoms with Gasteiger partial charge in [-0.3, -0.25) is 14.5 Å². The van der Waals surface area contributed by atoms with Crippen molar-refractivity contribution >= 4 is 46.4 Å². The second-order valence-electron chi connectivity index (χ2n) is 9.39. The number of amides is 1. The first kappa shape index (κ1) is 25.9. The maximum Gasteiger partial charge on any atom is 0.257 e. The molecular weight excluding hydrogens is 504 g/mol. The van der Waals surface area contributed by atoms with E-state index in [2.05, 4.69) is 49.7 Å². The summed E-state index contributed by atoms with van der Waals surface area (Å²) < 4.78 is 12.3. The molecule has 0 saturated carbocycles. The van der Waals surface area contributed by atoms with Gasteiger partial charge in [0.15, 0.2) is 11.5 Å². The molecule has 0 spiro atoms. The van der Waals surface area contributed by atoms with Gasteiger partial charge in [0, 0.05) is 62.8 Å². The highest BCUT2D eigenvalue weighted by Crippen LogP contribution is 2.36. The van der Waals surface area contributed by atoms with Crippen molar-refractivity contribution in [3.63, 3.8) is 0 Å². The molecule has 3 aromatic rings. The van der Waals surface area contributed by atoms with Crippen LogP contribution in [0.25, 0.3) is 10.9 Å². The van der Waals surface area contributed by atoms with Gasteiger partial charge in [-0.05, 0) is 36.8 Å². The van der Waals surface area contributed by atoms with Crippen LogP contribution in [0.2, 0.25) is 0 Å². The third-order valence-corrected chi connectivity index (χ3v) is 7.40. The van der Waals surface area contributed by atoms with Crippen LogP contribution in [-0.2, 0) is 4.79 Å². The quantitative estimate of drug-likeness (QED) is 0.400. The van der Waals surface area contributed by atoms with Crippen LogP contribution in [0.15, 0.2) is 42.5 Å². The molecule has 1 amide bonds. The Morgan fingerprint density at radius 3 is 2.53 bits per heavy atom. The Balaban J connectivity index is 1.12. The first-order valence-electron chi connectivity index (χ1n) is 12.8. The molecule has 10 nitrogen and oxygen atoms in total. The zero-order chi connectivity index (χ0) is 26.6. The van der Waals surface area contributed by atoms with Gasteiger partial charge in [0.25, 0.3) is 5.91 Å². The van der Waals surface area contributed by atoms with Crippen molar-refractivity contribution in [1.82, 2.24) is 19.8 Å². The third kappa shape index (κ3) is 5.30. The molecule has 2 N–H and O–H groups in total. The van der Waals surface area contributed by atoms with E-state index in [1.807, 2.05) is 6.07 Å². The van der Waals surface area contributed by atoms with Gasteiger partial charge in [-0.1, -0.05) is 18.2 Å². The Bertz CT molecular complexity index is 1390. The van der Waals surface area contributed by atoms with Crippen LogP contribution in [-0.4, -0.2) is 85.8 Å². The lowest BCUT2D eigenvalue weighted by Gasteiger charge is -2.36. The first-order chi connectivity index (χ1) is 18.5. The fourth-order valence-corrected chi connectivity index (χ4v) is 5.31. The number of para-hydroxylation sites is 1. The largest absolute Gasteiger partial charge is 0.493 e. The molecule has 1 atom stereocenters. The van der Waals surface area contributed by atoms with Crippen LogP contribution in [0.3, 0.4) is 0 Å². The number of hydrogen-bond donors (Lipinski definition) is 2. The van der Waals surface area contributed by atoms with Crippen LogP contribution in [0.1, 0.15) is 17.6 Å². The summed E-state index contributed by atoms with van der Waals surface area (Å²) in [6.07, 6.45) is 0.584. The summed E-state index contributed by atoms with van der Waals surface area (Å²) in [4.78, 5) is 34.8. The van der Waals surface area contributed by atoms with E-state index >= 15 is 0 Å². The number of piperazine rings is 1. The zero-order valence-corrected chi connectivity index (χ0v) is 22.4. The molecule has 0 bridgehead atoms. The minimum absolute atomic E-state index is 0.0727. The van der Waals surface area contributed by atoms with Crippen molar-refractivity contribution in [2.24, 2.45) is 0 Å². The van der Waals surface area contributed by atoms with Crippen molar-refractivity contribution in [3.8, 4) is 11.5 Å². The number of fused-ring (bicyclic) bond motifs is 3. The summed E-state index contributed by atoms with van der Waals surface area (Å²) in [5.41, 5.74) is 1.85. The minimum atomic E-state index is -0.561. The van der Waals surface area contributed by atoms with E-state index in [9.17, 15) is 9.59 Å². The Labute approximate surface area is 226 Å². The lowest BCUT2D eigenvalue weighted by atomic mass is 10.1. The molecule has 1 aromatic heterocycles. The highest BCUT2D eigenvalue weighted by atomic mass is 32.1. The molecule has 5 rings (SSSR count). The maximum absolute atomic E-state index is 13.1. The fourth-order valence-electron chi connectivity index (χ4n) is 5.03. The third-order valence-electron chi connectivity index (χ3n) is 7.12. The Morgan fingerprint density at radius 1 is 1.11 bits per heavy atom. The Hall–Kier alpha value is -3.70. The molecule has 2 aliphatic rings. The lowest BCUT2D eigenvalue weighted by molar-refractivity contribution is -0.121. The number of benzene rings is 2. The average molecular weight is 537 g/mol. The van der Waals surface area contributed by atoms with Gasteiger partial charge in [-0.2, -0.15) is 0 Å². The second kappa shape index (κ2) is 11.4. The van der Waals surface area contributed by atoms with E-state index in [0.717, 1.165) is 32.7 Å². The van der Waals surface area contributed by atoms with Crippen molar-refractivity contribution in [1.29, 1.82) is 0 Å². The van der Waals surface area contributed by atoms with Gasteiger partial charge < -0.3 is 25.0 Å². The van der Waals surface area contributed by atoms with Gasteiger partial charge in [0.2, 0.25) is 10.7 Å². The standard InChI is InChI=1S/C27H32N6O4S/c1-36-22-16-19-21(17-23(22)37-2)30-27(38)33-25(19)29-20(26(33)35)8-9-24(34)28-10-11-31-12-14-32(15-13-31)18-6-4-3-5-7-18/h3-7,16-17,20,29H,8-15H2,1-2H3,(H,28,34)/t20-/m0/s1. The van der Waals surface area contributed by atoms with Gasteiger partial charge >= 0.3 is 0 Å². The lowest BCUT2D eigenvalue weighted by Crippen LogP contribution is -2.48. The van der Waals surface area contributed by atoms with Crippen LogP contribution >= 0.6 is 12.2 Å². The van der Waals surface area contributed by atoms with Crippen molar-refractivity contribution < 1.29 is 19.1 Å². The van der Waals surface area contributed by atoms with Crippen molar-refractivity contribution in [3.05, 3.63) is 47.2 Å². The molecule has 2 aliphatic heterocycles. The number of hydrogen-bond acceptors (Lipinski definition) is 9. The van der Waals surface area contributed by atoms with Gasteiger partial charge in [-0.15, -0.1) is 0 Å². The van der Waals surface area contributed by atoms with Crippen LogP contribution in [0, 0.1) is 4.77 Å². The molecule has 0 aliphatic carbocycles. The zero-order valence-electron chi connectivity index (χ0n) is 21.6. The smallest absolute Gasteiger partial charge is 0.257 e. The predicted octanol–water partition coefficient (Wildman–Crippen LogP) is 2.94. The number of carbonyl (C=O) groups is 2. The van der Waals surface area contributed by atoms with E-state index in [1.165, 1.54) is 10.3 Å². The Kier molecular flexibility index (Phi) is 7.75. The number of anilines is 2. The summed E-state index contributed by atoms with van der Waals surface area (Å²) in [7, 11) is 3.10. The van der Waals surface area contributed by atoms with Gasteiger partial charge in [-0.25, -0.2) is 9.55 Å². The summed E-state index contributed by atoms with van der Waals surface area (Å²) in [6.45, 7) is 5.25. The number of aromatic nitrogens is 2. The molecule has 0 unspecified atom stereocenters. The normalized spacial score (nSPS) is 17.3. The molecule has 0 radical (unpaired) electrons. The minimum Gasteiger partial charge on any atom is -0.493 e. The number of rotatable bonds is 9. The van der Waals surface area contributed by atoms with E-state index in [1.54, 1.807) is 26.4 Å². The van der Waals surface area contributed by atoms with E-state index in [-0.39, 0.29) is 23.0 Å². The molecule has 11 heteroatoms. The summed E-state index contributed by atoms with van der Waals surface area (Å²) >= 11 is 5.40. The number of methoxy groups -OCH3 is 2. The number of nitrogens with one attached hydrogen (secondary N) is 2.